The average Bonchev–Trinajstić information content (AvgIpc) is 3.28. The predicted octanol–water partition coefficient (Wildman–Crippen LogP) is 7.40. The number of nitrogens with zero attached hydrogens (tertiary/aromatic N) is 5. The number of carbonyl (C=O) groups excluding carboxylic acids is 2. The van der Waals surface area contributed by atoms with Crippen molar-refractivity contribution in [2.45, 2.75) is 39.0 Å². The minimum atomic E-state index is -4.74. The summed E-state index contributed by atoms with van der Waals surface area (Å²) < 4.78 is 73.1. The fraction of sp³-hybridized carbons (Fsp3) is 0.396. The molecule has 0 spiro atoms. The van der Waals surface area contributed by atoms with Crippen LogP contribution in [0.1, 0.15) is 32.8 Å². The summed E-state index contributed by atoms with van der Waals surface area (Å²) in [5, 5.41) is 4.76. The second-order valence-electron chi connectivity index (χ2n) is 16.4. The molecule has 3 aromatic heterocycles. The van der Waals surface area contributed by atoms with E-state index in [4.69, 9.17) is 23.7 Å². The normalized spacial score (nSPS) is 13.5. The number of pyridine rings is 3. The number of fused-ring (bicyclic) bond motifs is 4. The zero-order valence-electron chi connectivity index (χ0n) is 36.7. The lowest BCUT2D eigenvalue weighted by Gasteiger charge is -2.37. The Morgan fingerprint density at radius 2 is 1.37 bits per heavy atom. The fourth-order valence-corrected chi connectivity index (χ4v) is 7.56. The minimum absolute atomic E-state index is 0.0222. The van der Waals surface area contributed by atoms with E-state index in [2.05, 4.69) is 15.3 Å². The number of nitrogens with one attached hydrogen (secondary N) is 1. The number of hydrogen-bond acceptors (Lipinski definition) is 11. The lowest BCUT2D eigenvalue weighted by molar-refractivity contribution is -0.137. The summed E-state index contributed by atoms with van der Waals surface area (Å²) in [5.74, 6) is -0.148. The van der Waals surface area contributed by atoms with Gasteiger partial charge in [0.15, 0.2) is 0 Å². The van der Waals surface area contributed by atoms with E-state index in [-0.39, 0.29) is 63.1 Å². The maximum absolute atomic E-state index is 14.9. The molecular formula is C48H53F3N6O8. The molecule has 7 rings (SSSR count). The molecule has 0 radical (unpaired) electrons. The SMILES string of the molecule is CC(C)(C)OC(=O)NCCOCCOCCOCCOCCC(=O)N1CCN(c2ccc(-n3c(=O)ccc4cnc5ccc(-c6cnc7ccccc7c6)cc5c43)cc2C(F)(F)F)CC1. The van der Waals surface area contributed by atoms with Gasteiger partial charge in [-0.15, -0.1) is 0 Å². The van der Waals surface area contributed by atoms with Crippen LogP contribution >= 0.6 is 0 Å². The van der Waals surface area contributed by atoms with E-state index in [1.165, 1.54) is 22.8 Å². The summed E-state index contributed by atoms with van der Waals surface area (Å²) in [6, 6.07) is 22.3. The van der Waals surface area contributed by atoms with Gasteiger partial charge in [0.25, 0.3) is 5.56 Å². The van der Waals surface area contributed by atoms with Gasteiger partial charge < -0.3 is 38.8 Å². The zero-order valence-corrected chi connectivity index (χ0v) is 36.7. The number of halogens is 3. The lowest BCUT2D eigenvalue weighted by atomic mass is 10.0. The van der Waals surface area contributed by atoms with Crippen LogP contribution in [0.4, 0.5) is 23.7 Å². The van der Waals surface area contributed by atoms with Crippen molar-refractivity contribution in [3.63, 3.8) is 0 Å². The molecule has 4 heterocycles. The van der Waals surface area contributed by atoms with Gasteiger partial charge >= 0.3 is 12.3 Å². The molecule has 2 amide bonds. The smallest absolute Gasteiger partial charge is 0.418 e. The highest BCUT2D eigenvalue weighted by Crippen LogP contribution is 2.39. The molecule has 1 saturated heterocycles. The van der Waals surface area contributed by atoms with Crippen LogP contribution < -0.4 is 15.8 Å². The standard InChI is InChI=1S/C48H53F3N6O8/c1-47(2,3)65-46(60)52-15-21-62-23-25-64-27-26-63-24-22-61-20-14-43(58)56-18-16-55(17-19-56)42-12-10-37(30-39(42)48(49,50)51)57-44(59)13-9-35-31-54-41-11-8-33(29-38(41)45(35)57)36-28-34-6-4-5-7-40(34)53-32-36/h4-13,28-32H,14-27H2,1-3H3,(H,52,60). The number of rotatable bonds is 18. The van der Waals surface area contributed by atoms with Gasteiger partial charge in [-0.2, -0.15) is 13.2 Å². The molecule has 1 fully saturated rings. The Morgan fingerprint density at radius 1 is 0.692 bits per heavy atom. The van der Waals surface area contributed by atoms with Gasteiger partial charge in [-0.3, -0.25) is 24.1 Å². The van der Waals surface area contributed by atoms with Crippen LogP contribution in [0.5, 0.6) is 0 Å². The molecule has 17 heteroatoms. The number of para-hydroxylation sites is 1. The molecule has 0 atom stereocenters. The van der Waals surface area contributed by atoms with Gasteiger partial charge in [0.05, 0.1) is 87.1 Å². The third-order valence-electron chi connectivity index (χ3n) is 10.6. The van der Waals surface area contributed by atoms with Crippen molar-refractivity contribution in [3.8, 4) is 16.8 Å². The number of piperazine rings is 1. The maximum Gasteiger partial charge on any atom is 0.418 e. The molecule has 0 unspecified atom stereocenters. The maximum atomic E-state index is 14.9. The van der Waals surface area contributed by atoms with Gasteiger partial charge in [0.2, 0.25) is 5.91 Å². The van der Waals surface area contributed by atoms with E-state index in [0.29, 0.717) is 68.0 Å². The third kappa shape index (κ3) is 12.4. The van der Waals surface area contributed by atoms with Crippen molar-refractivity contribution in [3.05, 3.63) is 107 Å². The number of alkyl halides is 3. The second kappa shape index (κ2) is 21.2. The Balaban J connectivity index is 0.893. The largest absolute Gasteiger partial charge is 0.444 e. The van der Waals surface area contributed by atoms with Crippen LogP contribution in [0.15, 0.2) is 96.1 Å². The average molecular weight is 899 g/mol. The molecule has 6 aromatic rings. The number of amides is 2. The van der Waals surface area contributed by atoms with Crippen molar-refractivity contribution in [1.29, 1.82) is 0 Å². The van der Waals surface area contributed by atoms with Crippen molar-refractivity contribution in [2.75, 3.05) is 90.5 Å². The summed E-state index contributed by atoms with van der Waals surface area (Å²) in [5.41, 5.74) is 1.65. The summed E-state index contributed by atoms with van der Waals surface area (Å²) in [4.78, 5) is 50.7. The van der Waals surface area contributed by atoms with E-state index >= 15 is 0 Å². The number of carbonyl (C=O) groups is 2. The van der Waals surface area contributed by atoms with Crippen LogP contribution in [-0.4, -0.2) is 123 Å². The van der Waals surface area contributed by atoms with Gasteiger partial charge in [-0.25, -0.2) is 4.79 Å². The lowest BCUT2D eigenvalue weighted by Crippen LogP contribution is -2.49. The zero-order chi connectivity index (χ0) is 46.0. The van der Waals surface area contributed by atoms with E-state index < -0.39 is 29.0 Å². The summed E-state index contributed by atoms with van der Waals surface area (Å²) in [6.07, 6.45) is -1.72. The molecule has 1 aliphatic heterocycles. The van der Waals surface area contributed by atoms with Crippen molar-refractivity contribution >= 4 is 50.4 Å². The van der Waals surface area contributed by atoms with Crippen molar-refractivity contribution < 1.29 is 46.4 Å². The monoisotopic (exact) mass is 898 g/mol. The molecule has 0 saturated carbocycles. The summed E-state index contributed by atoms with van der Waals surface area (Å²) in [6.45, 7) is 9.14. The quantitative estimate of drug-likeness (QED) is 0.0680. The summed E-state index contributed by atoms with van der Waals surface area (Å²) in [7, 11) is 0. The highest BCUT2D eigenvalue weighted by atomic mass is 19.4. The number of hydrogen-bond donors (Lipinski definition) is 1. The Kier molecular flexibility index (Phi) is 15.3. The number of alkyl carbamates (subject to hydrolysis) is 1. The second-order valence-corrected chi connectivity index (χ2v) is 16.4. The minimum Gasteiger partial charge on any atom is -0.444 e. The van der Waals surface area contributed by atoms with Gasteiger partial charge in [0.1, 0.15) is 5.60 Å². The Labute approximate surface area is 374 Å². The van der Waals surface area contributed by atoms with Crippen LogP contribution in [0, 0.1) is 0 Å². The topological polar surface area (TPSA) is 147 Å². The molecule has 0 aliphatic carbocycles. The molecule has 14 nitrogen and oxygen atoms in total. The summed E-state index contributed by atoms with van der Waals surface area (Å²) >= 11 is 0. The Bertz CT molecular complexity index is 2660. The fourth-order valence-electron chi connectivity index (χ4n) is 7.56. The first-order valence-electron chi connectivity index (χ1n) is 21.6. The van der Waals surface area contributed by atoms with E-state index in [1.54, 1.807) is 49.0 Å². The predicted molar refractivity (Wildman–Crippen MR) is 242 cm³/mol. The van der Waals surface area contributed by atoms with Crippen molar-refractivity contribution in [1.82, 2.24) is 24.8 Å². The molecule has 344 valence electrons. The first-order chi connectivity index (χ1) is 31.2. The molecule has 1 N–H and O–H groups in total. The Hall–Kier alpha value is -6.14. The molecular weight excluding hydrogens is 846 g/mol. The van der Waals surface area contributed by atoms with E-state index in [0.717, 1.165) is 28.1 Å². The first kappa shape index (κ1) is 46.8. The molecule has 1 aliphatic rings. The van der Waals surface area contributed by atoms with Crippen LogP contribution in [-0.2, 0) is 34.7 Å². The molecule has 3 aromatic carbocycles. The number of aromatic nitrogens is 3. The van der Waals surface area contributed by atoms with Crippen LogP contribution in [0.2, 0.25) is 0 Å². The number of anilines is 1. The van der Waals surface area contributed by atoms with E-state index in [9.17, 15) is 27.6 Å². The highest BCUT2D eigenvalue weighted by molar-refractivity contribution is 6.05. The van der Waals surface area contributed by atoms with Crippen LogP contribution in [0.25, 0.3) is 49.5 Å². The highest BCUT2D eigenvalue weighted by Gasteiger charge is 2.36. The number of ether oxygens (including phenoxy) is 5. The van der Waals surface area contributed by atoms with E-state index in [1.807, 2.05) is 48.5 Å². The van der Waals surface area contributed by atoms with Crippen LogP contribution in [0.3, 0.4) is 0 Å². The molecule has 65 heavy (non-hydrogen) atoms. The van der Waals surface area contributed by atoms with Gasteiger partial charge in [-0.05, 0) is 74.9 Å². The van der Waals surface area contributed by atoms with Gasteiger partial charge in [0, 0.05) is 78.6 Å². The van der Waals surface area contributed by atoms with Crippen molar-refractivity contribution in [2.24, 2.45) is 0 Å². The number of benzene rings is 3. The third-order valence-corrected chi connectivity index (χ3v) is 10.6. The molecule has 0 bridgehead atoms. The first-order valence-corrected chi connectivity index (χ1v) is 21.6. The Morgan fingerprint density at radius 3 is 2.08 bits per heavy atom. The van der Waals surface area contributed by atoms with Gasteiger partial charge in [-0.1, -0.05) is 24.3 Å².